The smallest absolute Gasteiger partial charge is 0.252 e. The zero-order valence-corrected chi connectivity index (χ0v) is 14.3. The van der Waals surface area contributed by atoms with Crippen LogP contribution in [0, 0.1) is 5.92 Å². The van der Waals surface area contributed by atoms with Gasteiger partial charge < -0.3 is 15.0 Å². The molecule has 0 bridgehead atoms. The molecule has 2 aromatic heterocycles. The largest absolute Gasteiger partial charge is 0.379 e. The van der Waals surface area contributed by atoms with Crippen LogP contribution in [0.4, 0.5) is 0 Å². The molecule has 0 spiro atoms. The summed E-state index contributed by atoms with van der Waals surface area (Å²) in [5, 5.41) is 3.15. The van der Waals surface area contributed by atoms with Crippen molar-refractivity contribution in [3.63, 3.8) is 0 Å². The van der Waals surface area contributed by atoms with Crippen LogP contribution in [0.15, 0.2) is 61.2 Å². The number of imidazole rings is 1. The first-order valence-corrected chi connectivity index (χ1v) is 8.67. The van der Waals surface area contributed by atoms with Gasteiger partial charge in [-0.3, -0.25) is 9.78 Å². The lowest BCUT2D eigenvalue weighted by atomic mass is 9.95. The van der Waals surface area contributed by atoms with Gasteiger partial charge in [0.05, 0.1) is 24.8 Å². The minimum absolute atomic E-state index is 0.0136. The van der Waals surface area contributed by atoms with Crippen molar-refractivity contribution in [3.8, 4) is 11.4 Å². The molecule has 6 heteroatoms. The Labute approximate surface area is 151 Å². The second kappa shape index (κ2) is 7.49. The molecule has 3 aromatic rings. The molecule has 3 heterocycles. The molecule has 1 amide bonds. The molecule has 1 aliphatic heterocycles. The van der Waals surface area contributed by atoms with Crippen LogP contribution in [0.1, 0.15) is 15.9 Å². The van der Waals surface area contributed by atoms with Crippen molar-refractivity contribution in [2.45, 2.75) is 12.5 Å². The highest BCUT2D eigenvalue weighted by Gasteiger charge is 2.30. The number of rotatable bonds is 5. The molecule has 132 valence electrons. The van der Waals surface area contributed by atoms with Crippen LogP contribution < -0.4 is 5.32 Å². The number of nitrogens with zero attached hydrogens (tertiary/aromatic N) is 2. The van der Waals surface area contributed by atoms with Crippen molar-refractivity contribution in [1.82, 2.24) is 20.3 Å². The Kier molecular flexibility index (Phi) is 4.75. The third-order valence-corrected chi connectivity index (χ3v) is 4.69. The van der Waals surface area contributed by atoms with Crippen molar-refractivity contribution in [1.29, 1.82) is 0 Å². The molecule has 0 radical (unpaired) electrons. The number of pyridine rings is 1. The number of aromatic nitrogens is 3. The molecule has 2 N–H and O–H groups in total. The summed E-state index contributed by atoms with van der Waals surface area (Å²) in [4.78, 5) is 24.3. The summed E-state index contributed by atoms with van der Waals surface area (Å²) in [6.07, 6.45) is 7.86. The highest BCUT2D eigenvalue weighted by Crippen LogP contribution is 2.22. The van der Waals surface area contributed by atoms with E-state index < -0.39 is 0 Å². The number of benzene rings is 1. The summed E-state index contributed by atoms with van der Waals surface area (Å²) >= 11 is 0. The zero-order valence-electron chi connectivity index (χ0n) is 14.3. The van der Waals surface area contributed by atoms with Crippen LogP contribution in [0.25, 0.3) is 11.4 Å². The lowest BCUT2D eigenvalue weighted by Crippen LogP contribution is -2.40. The number of carbonyl (C=O) groups is 1. The van der Waals surface area contributed by atoms with E-state index in [2.05, 4.69) is 20.3 Å². The van der Waals surface area contributed by atoms with Gasteiger partial charge in [0.25, 0.3) is 5.91 Å². The van der Waals surface area contributed by atoms with Crippen LogP contribution in [0.2, 0.25) is 0 Å². The standard InChI is InChI=1S/C20H20N4O2/c25-20(17-4-2-1-3-16(17)19-22-9-10-23-19)24-18-13-26-12-15(18)11-14-5-7-21-8-6-14/h1-10,15,18H,11-13H2,(H,22,23)(H,24,25)/t15-,18-/m1/s1. The van der Waals surface area contributed by atoms with Crippen LogP contribution in [-0.2, 0) is 11.2 Å². The molecule has 2 atom stereocenters. The van der Waals surface area contributed by atoms with Crippen molar-refractivity contribution < 1.29 is 9.53 Å². The Morgan fingerprint density at radius 2 is 2.00 bits per heavy atom. The monoisotopic (exact) mass is 348 g/mol. The van der Waals surface area contributed by atoms with Crippen LogP contribution >= 0.6 is 0 Å². The van der Waals surface area contributed by atoms with E-state index in [4.69, 9.17) is 4.74 Å². The molecule has 1 aromatic carbocycles. The molecule has 1 fully saturated rings. The van der Waals surface area contributed by atoms with Gasteiger partial charge in [0.15, 0.2) is 0 Å². The Morgan fingerprint density at radius 3 is 2.81 bits per heavy atom. The lowest BCUT2D eigenvalue weighted by Gasteiger charge is -2.20. The Bertz CT molecular complexity index is 865. The van der Waals surface area contributed by atoms with Gasteiger partial charge in [-0.15, -0.1) is 0 Å². The van der Waals surface area contributed by atoms with Gasteiger partial charge in [-0.25, -0.2) is 4.98 Å². The van der Waals surface area contributed by atoms with E-state index >= 15 is 0 Å². The SMILES string of the molecule is O=C(N[C@@H]1COC[C@H]1Cc1ccncc1)c1ccccc1-c1ncc[nH]1. The van der Waals surface area contributed by atoms with Gasteiger partial charge in [0.1, 0.15) is 5.82 Å². The molecular formula is C20H20N4O2. The third kappa shape index (κ3) is 3.50. The first-order valence-electron chi connectivity index (χ1n) is 8.67. The average molecular weight is 348 g/mol. The predicted octanol–water partition coefficient (Wildman–Crippen LogP) is 2.46. The summed E-state index contributed by atoms with van der Waals surface area (Å²) in [6, 6.07) is 11.5. The average Bonchev–Trinajstić information content (AvgIpc) is 3.35. The van der Waals surface area contributed by atoms with Gasteiger partial charge in [-0.05, 0) is 30.2 Å². The van der Waals surface area contributed by atoms with Gasteiger partial charge in [-0.1, -0.05) is 18.2 Å². The van der Waals surface area contributed by atoms with E-state index in [0.717, 1.165) is 12.0 Å². The summed E-state index contributed by atoms with van der Waals surface area (Å²) in [6.45, 7) is 1.18. The van der Waals surface area contributed by atoms with Crippen molar-refractivity contribution in [3.05, 3.63) is 72.3 Å². The zero-order chi connectivity index (χ0) is 17.8. The number of hydrogen-bond acceptors (Lipinski definition) is 4. The molecule has 1 saturated heterocycles. The van der Waals surface area contributed by atoms with Crippen molar-refractivity contribution in [2.24, 2.45) is 5.92 Å². The highest BCUT2D eigenvalue weighted by molar-refractivity contribution is 6.00. The van der Waals surface area contributed by atoms with E-state index in [1.165, 1.54) is 5.56 Å². The number of ether oxygens (including phenoxy) is 1. The van der Waals surface area contributed by atoms with E-state index in [9.17, 15) is 4.79 Å². The molecule has 26 heavy (non-hydrogen) atoms. The van der Waals surface area contributed by atoms with Crippen LogP contribution in [0.3, 0.4) is 0 Å². The number of aromatic amines is 1. The minimum Gasteiger partial charge on any atom is -0.379 e. The normalized spacial score (nSPS) is 19.4. The first-order chi connectivity index (χ1) is 12.8. The van der Waals surface area contributed by atoms with Crippen LogP contribution in [-0.4, -0.2) is 40.1 Å². The maximum atomic E-state index is 12.9. The lowest BCUT2D eigenvalue weighted by molar-refractivity contribution is 0.0925. The number of hydrogen-bond donors (Lipinski definition) is 2. The van der Waals surface area contributed by atoms with E-state index in [-0.39, 0.29) is 17.9 Å². The molecule has 0 unspecified atom stereocenters. The predicted molar refractivity (Wildman–Crippen MR) is 97.5 cm³/mol. The van der Waals surface area contributed by atoms with Gasteiger partial charge in [-0.2, -0.15) is 0 Å². The fourth-order valence-electron chi connectivity index (χ4n) is 3.33. The van der Waals surface area contributed by atoms with Gasteiger partial charge in [0, 0.05) is 36.3 Å². The number of H-pyrrole nitrogens is 1. The third-order valence-electron chi connectivity index (χ3n) is 4.69. The summed E-state index contributed by atoms with van der Waals surface area (Å²) < 4.78 is 5.63. The summed E-state index contributed by atoms with van der Waals surface area (Å²) in [5.74, 6) is 0.830. The second-order valence-corrected chi connectivity index (χ2v) is 6.42. The maximum Gasteiger partial charge on any atom is 0.252 e. The fourth-order valence-corrected chi connectivity index (χ4v) is 3.33. The van der Waals surface area contributed by atoms with E-state index in [0.29, 0.717) is 24.6 Å². The number of carbonyl (C=O) groups excluding carboxylic acids is 1. The Hall–Kier alpha value is -2.99. The topological polar surface area (TPSA) is 79.9 Å². The molecule has 1 aliphatic rings. The molecule has 0 aliphatic carbocycles. The van der Waals surface area contributed by atoms with Gasteiger partial charge in [0.2, 0.25) is 0 Å². The highest BCUT2D eigenvalue weighted by atomic mass is 16.5. The van der Waals surface area contributed by atoms with Crippen molar-refractivity contribution in [2.75, 3.05) is 13.2 Å². The molecule has 0 saturated carbocycles. The summed E-state index contributed by atoms with van der Waals surface area (Å²) in [5.41, 5.74) is 2.60. The maximum absolute atomic E-state index is 12.9. The first kappa shape index (κ1) is 16.5. The minimum atomic E-state index is -0.104. The van der Waals surface area contributed by atoms with Crippen LogP contribution in [0.5, 0.6) is 0 Å². The van der Waals surface area contributed by atoms with Gasteiger partial charge >= 0.3 is 0 Å². The molecular weight excluding hydrogens is 328 g/mol. The Balaban J connectivity index is 1.50. The summed E-state index contributed by atoms with van der Waals surface area (Å²) in [7, 11) is 0. The number of amides is 1. The number of nitrogens with one attached hydrogen (secondary N) is 2. The van der Waals surface area contributed by atoms with Crippen molar-refractivity contribution >= 4 is 5.91 Å². The molecule has 4 rings (SSSR count). The van der Waals surface area contributed by atoms with E-state index in [1.54, 1.807) is 24.8 Å². The van der Waals surface area contributed by atoms with E-state index in [1.807, 2.05) is 36.4 Å². The Morgan fingerprint density at radius 1 is 1.15 bits per heavy atom. The quantitative estimate of drug-likeness (QED) is 0.742. The fraction of sp³-hybridized carbons (Fsp3) is 0.250. The molecule has 6 nitrogen and oxygen atoms in total. The second-order valence-electron chi connectivity index (χ2n) is 6.42.